The SMILES string of the molecule is CC1(C)CC(=O)C2=C(C1)N(c1ccccc1)C(c1ccc(Br)cc1)N(c1ccccc1Cl)C2. The van der Waals surface area contributed by atoms with Crippen LogP contribution in [0.1, 0.15) is 38.4 Å². The summed E-state index contributed by atoms with van der Waals surface area (Å²) in [5.74, 6) is 0.230. The number of allylic oxidation sites excluding steroid dienone is 1. The summed E-state index contributed by atoms with van der Waals surface area (Å²) >= 11 is 10.3. The lowest BCUT2D eigenvalue weighted by molar-refractivity contribution is -0.118. The number of halogens is 2. The van der Waals surface area contributed by atoms with Crippen LogP contribution in [0.15, 0.2) is 94.6 Å². The molecule has 0 amide bonds. The molecule has 1 unspecified atom stereocenters. The third-order valence-electron chi connectivity index (χ3n) is 6.49. The minimum absolute atomic E-state index is 0.0836. The monoisotopic (exact) mass is 520 g/mol. The van der Waals surface area contributed by atoms with Crippen LogP contribution in [-0.2, 0) is 4.79 Å². The molecule has 3 nitrogen and oxygen atoms in total. The molecule has 5 heteroatoms. The van der Waals surface area contributed by atoms with Gasteiger partial charge in [-0.25, -0.2) is 0 Å². The van der Waals surface area contributed by atoms with Gasteiger partial charge in [-0.3, -0.25) is 4.79 Å². The molecule has 168 valence electrons. The van der Waals surface area contributed by atoms with Crippen molar-refractivity contribution in [1.82, 2.24) is 0 Å². The van der Waals surface area contributed by atoms with Crippen LogP contribution >= 0.6 is 27.5 Å². The molecule has 1 heterocycles. The molecular weight excluding hydrogens is 496 g/mol. The maximum absolute atomic E-state index is 13.4. The lowest BCUT2D eigenvalue weighted by Crippen LogP contribution is -2.51. The first kappa shape index (κ1) is 22.2. The van der Waals surface area contributed by atoms with Gasteiger partial charge in [-0.15, -0.1) is 0 Å². The second-order valence-electron chi connectivity index (χ2n) is 9.58. The van der Waals surface area contributed by atoms with Crippen LogP contribution in [0.25, 0.3) is 0 Å². The maximum Gasteiger partial charge on any atom is 0.162 e. The molecule has 2 aliphatic rings. The van der Waals surface area contributed by atoms with Crippen LogP contribution in [-0.4, -0.2) is 12.3 Å². The van der Waals surface area contributed by atoms with E-state index in [9.17, 15) is 4.79 Å². The van der Waals surface area contributed by atoms with E-state index in [4.69, 9.17) is 11.6 Å². The molecule has 33 heavy (non-hydrogen) atoms. The fraction of sp³-hybridized carbons (Fsp3) is 0.250. The fourth-order valence-corrected chi connectivity index (χ4v) is 5.54. The summed E-state index contributed by atoms with van der Waals surface area (Å²) in [4.78, 5) is 18.0. The zero-order chi connectivity index (χ0) is 23.2. The van der Waals surface area contributed by atoms with Crippen LogP contribution in [0, 0.1) is 5.41 Å². The number of Topliss-reactive ketones (excluding diaryl/α,β-unsaturated/α-hetero) is 1. The normalized spacial score (nSPS) is 20.1. The molecule has 0 bridgehead atoms. The molecule has 1 aliphatic carbocycles. The Labute approximate surface area is 208 Å². The third kappa shape index (κ3) is 4.22. The van der Waals surface area contributed by atoms with E-state index in [1.54, 1.807) is 0 Å². The zero-order valence-electron chi connectivity index (χ0n) is 18.8. The van der Waals surface area contributed by atoms with E-state index in [0.717, 1.165) is 39.1 Å². The first-order valence-corrected chi connectivity index (χ1v) is 12.4. The van der Waals surface area contributed by atoms with E-state index in [1.165, 1.54) is 0 Å². The molecular formula is C28H26BrClN2O. The molecule has 0 radical (unpaired) electrons. The number of ketones is 1. The van der Waals surface area contributed by atoms with E-state index >= 15 is 0 Å². The number of hydrogen-bond donors (Lipinski definition) is 0. The van der Waals surface area contributed by atoms with Crippen LogP contribution in [0.3, 0.4) is 0 Å². The quantitative estimate of drug-likeness (QED) is 0.352. The number of benzene rings is 3. The minimum atomic E-state index is -0.138. The van der Waals surface area contributed by atoms with Gasteiger partial charge in [0.2, 0.25) is 0 Å². The molecule has 0 saturated carbocycles. The molecule has 0 saturated heterocycles. The van der Waals surface area contributed by atoms with Gasteiger partial charge in [0.15, 0.2) is 5.78 Å². The van der Waals surface area contributed by atoms with Gasteiger partial charge in [-0.1, -0.05) is 83.8 Å². The van der Waals surface area contributed by atoms with Gasteiger partial charge >= 0.3 is 0 Å². The summed E-state index contributed by atoms with van der Waals surface area (Å²) in [6.07, 6.45) is 1.28. The number of carbonyl (C=O) groups excluding carboxylic acids is 1. The highest BCUT2D eigenvalue weighted by Gasteiger charge is 2.44. The Hall–Kier alpha value is -2.56. The highest BCUT2D eigenvalue weighted by atomic mass is 79.9. The first-order chi connectivity index (χ1) is 15.8. The number of rotatable bonds is 3. The molecule has 0 spiro atoms. The topological polar surface area (TPSA) is 23.6 Å². The highest BCUT2D eigenvalue weighted by Crippen LogP contribution is 2.49. The summed E-state index contributed by atoms with van der Waals surface area (Å²) in [6.45, 7) is 4.91. The van der Waals surface area contributed by atoms with Crippen molar-refractivity contribution in [2.24, 2.45) is 5.41 Å². The molecule has 3 aromatic carbocycles. The summed E-state index contributed by atoms with van der Waals surface area (Å²) in [5.41, 5.74) is 5.08. The largest absolute Gasteiger partial charge is 0.341 e. The number of nitrogens with zero attached hydrogens (tertiary/aromatic N) is 2. The van der Waals surface area contributed by atoms with Crippen LogP contribution in [0.5, 0.6) is 0 Å². The summed E-state index contributed by atoms with van der Waals surface area (Å²) < 4.78 is 1.03. The molecule has 3 aromatic rings. The molecule has 0 aromatic heterocycles. The highest BCUT2D eigenvalue weighted by molar-refractivity contribution is 9.10. The van der Waals surface area contributed by atoms with Crippen molar-refractivity contribution in [2.45, 2.75) is 32.9 Å². The van der Waals surface area contributed by atoms with Gasteiger partial charge in [0.05, 0.1) is 17.3 Å². The van der Waals surface area contributed by atoms with Gasteiger partial charge < -0.3 is 9.80 Å². The van der Waals surface area contributed by atoms with Gasteiger partial charge in [-0.05, 0) is 53.8 Å². The van der Waals surface area contributed by atoms with Crippen molar-refractivity contribution in [3.8, 4) is 0 Å². The number of para-hydroxylation sites is 2. The van der Waals surface area contributed by atoms with Crippen molar-refractivity contribution in [3.05, 3.63) is 105 Å². The Morgan fingerprint density at radius 2 is 1.58 bits per heavy atom. The molecule has 0 N–H and O–H groups in total. The lowest BCUT2D eigenvalue weighted by Gasteiger charge is -2.51. The fourth-order valence-electron chi connectivity index (χ4n) is 5.03. The predicted molar refractivity (Wildman–Crippen MR) is 140 cm³/mol. The van der Waals surface area contributed by atoms with E-state index in [2.05, 4.69) is 88.1 Å². The maximum atomic E-state index is 13.4. The van der Waals surface area contributed by atoms with E-state index in [-0.39, 0.29) is 17.4 Å². The second kappa shape index (κ2) is 8.66. The van der Waals surface area contributed by atoms with Crippen molar-refractivity contribution >= 4 is 44.7 Å². The summed E-state index contributed by atoms with van der Waals surface area (Å²) in [5, 5.41) is 0.681. The average molecular weight is 522 g/mol. The van der Waals surface area contributed by atoms with Gasteiger partial charge in [-0.2, -0.15) is 0 Å². The smallest absolute Gasteiger partial charge is 0.162 e. The number of carbonyl (C=O) groups is 1. The van der Waals surface area contributed by atoms with Crippen LogP contribution in [0.4, 0.5) is 11.4 Å². The third-order valence-corrected chi connectivity index (χ3v) is 7.34. The molecule has 1 atom stereocenters. The minimum Gasteiger partial charge on any atom is -0.341 e. The average Bonchev–Trinajstić information content (AvgIpc) is 2.79. The second-order valence-corrected chi connectivity index (χ2v) is 10.9. The number of anilines is 2. The van der Waals surface area contributed by atoms with Crippen molar-refractivity contribution < 1.29 is 4.79 Å². The first-order valence-electron chi connectivity index (χ1n) is 11.2. The predicted octanol–water partition coefficient (Wildman–Crippen LogP) is 7.77. The molecule has 0 fully saturated rings. The van der Waals surface area contributed by atoms with E-state index in [1.807, 2.05) is 30.3 Å². The molecule has 1 aliphatic heterocycles. The zero-order valence-corrected chi connectivity index (χ0v) is 21.1. The Morgan fingerprint density at radius 3 is 2.27 bits per heavy atom. The standard InChI is InChI=1S/C28H26BrClN2O/c1-28(2)16-25-22(26(33)17-28)18-31(24-11-7-6-10-23(24)30)27(19-12-14-20(29)15-13-19)32(25)21-8-4-3-5-9-21/h3-15,27H,16-18H2,1-2H3. The summed E-state index contributed by atoms with van der Waals surface area (Å²) in [6, 6.07) is 26.7. The van der Waals surface area contributed by atoms with Crippen LogP contribution in [0.2, 0.25) is 5.02 Å². The van der Waals surface area contributed by atoms with Crippen molar-refractivity contribution in [3.63, 3.8) is 0 Å². The van der Waals surface area contributed by atoms with Crippen molar-refractivity contribution in [1.29, 1.82) is 0 Å². The Kier molecular flexibility index (Phi) is 5.84. The number of hydrogen-bond acceptors (Lipinski definition) is 3. The van der Waals surface area contributed by atoms with Crippen LogP contribution < -0.4 is 9.80 Å². The Morgan fingerprint density at radius 1 is 0.909 bits per heavy atom. The van der Waals surface area contributed by atoms with Gasteiger partial charge in [0.25, 0.3) is 0 Å². The van der Waals surface area contributed by atoms with Gasteiger partial charge in [0, 0.05) is 27.9 Å². The summed E-state index contributed by atoms with van der Waals surface area (Å²) in [7, 11) is 0. The lowest BCUT2D eigenvalue weighted by atomic mass is 9.74. The van der Waals surface area contributed by atoms with E-state index < -0.39 is 0 Å². The van der Waals surface area contributed by atoms with Crippen molar-refractivity contribution in [2.75, 3.05) is 16.3 Å². The Balaban J connectivity index is 1.77. The van der Waals surface area contributed by atoms with Gasteiger partial charge in [0.1, 0.15) is 6.17 Å². The van der Waals surface area contributed by atoms with E-state index in [0.29, 0.717) is 18.0 Å². The molecule has 5 rings (SSSR count). The Bertz CT molecular complexity index is 1220.